The first kappa shape index (κ1) is 15.1. The number of para-hydroxylation sites is 1. The Morgan fingerprint density at radius 2 is 1.92 bits per heavy atom. The maximum absolute atomic E-state index is 11.5. The highest BCUT2D eigenvalue weighted by atomic mass is 16.6. The van der Waals surface area contributed by atoms with Gasteiger partial charge in [-0.25, -0.2) is 0 Å². The van der Waals surface area contributed by atoms with Crippen molar-refractivity contribution in [2.24, 2.45) is 0 Å². The van der Waals surface area contributed by atoms with Gasteiger partial charge < -0.3 is 10.3 Å². The number of fused-ring (bicyclic) bond motifs is 2. The SMILES string of the molecule is O=[N+]([O-])c1c(NCCc2c[nH]c3ccccc23)ccc2ncccc12. The van der Waals surface area contributed by atoms with Gasteiger partial charge >= 0.3 is 5.69 Å². The topological polar surface area (TPSA) is 83.9 Å². The van der Waals surface area contributed by atoms with Crippen LogP contribution in [0.5, 0.6) is 0 Å². The highest BCUT2D eigenvalue weighted by Crippen LogP contribution is 2.32. The lowest BCUT2D eigenvalue weighted by Crippen LogP contribution is -2.07. The van der Waals surface area contributed by atoms with Crippen molar-refractivity contribution in [3.05, 3.63) is 76.6 Å². The minimum atomic E-state index is -0.349. The molecule has 6 heteroatoms. The Kier molecular flexibility index (Phi) is 3.78. The van der Waals surface area contributed by atoms with Crippen molar-refractivity contribution in [2.75, 3.05) is 11.9 Å². The number of aromatic nitrogens is 2. The van der Waals surface area contributed by atoms with Crippen LogP contribution in [0, 0.1) is 10.1 Å². The fraction of sp³-hybridized carbons (Fsp3) is 0.105. The number of aromatic amines is 1. The number of pyridine rings is 1. The fourth-order valence-electron chi connectivity index (χ4n) is 3.15. The van der Waals surface area contributed by atoms with Crippen molar-refractivity contribution in [1.29, 1.82) is 0 Å². The molecule has 2 heterocycles. The molecule has 0 bridgehead atoms. The number of hydrogen-bond donors (Lipinski definition) is 2. The standard InChI is InChI=1S/C19H16N4O2/c24-23(25)19-15-5-3-10-20-17(15)7-8-18(19)21-11-9-13-12-22-16-6-2-1-4-14(13)16/h1-8,10,12,21-22H,9,11H2. The van der Waals surface area contributed by atoms with Crippen molar-refractivity contribution in [3.8, 4) is 0 Å². The summed E-state index contributed by atoms with van der Waals surface area (Å²) in [6.45, 7) is 0.606. The van der Waals surface area contributed by atoms with Crippen molar-refractivity contribution in [3.63, 3.8) is 0 Å². The third-order valence-electron chi connectivity index (χ3n) is 4.32. The van der Waals surface area contributed by atoms with Crippen LogP contribution in [0.25, 0.3) is 21.8 Å². The minimum absolute atomic E-state index is 0.0736. The van der Waals surface area contributed by atoms with Gasteiger partial charge in [-0.15, -0.1) is 0 Å². The molecule has 4 aromatic rings. The van der Waals surface area contributed by atoms with Gasteiger partial charge in [0, 0.05) is 29.8 Å². The van der Waals surface area contributed by atoms with Crippen LogP contribution < -0.4 is 5.32 Å². The molecule has 2 N–H and O–H groups in total. The van der Waals surface area contributed by atoms with E-state index in [0.717, 1.165) is 11.9 Å². The average Bonchev–Trinajstić information content (AvgIpc) is 3.04. The van der Waals surface area contributed by atoms with Gasteiger partial charge in [0.15, 0.2) is 0 Å². The fourth-order valence-corrected chi connectivity index (χ4v) is 3.15. The van der Waals surface area contributed by atoms with E-state index < -0.39 is 0 Å². The second-order valence-electron chi connectivity index (χ2n) is 5.83. The molecule has 0 unspecified atom stereocenters. The van der Waals surface area contributed by atoms with E-state index in [2.05, 4.69) is 21.4 Å². The van der Waals surface area contributed by atoms with Gasteiger partial charge in [0.05, 0.1) is 15.8 Å². The summed E-state index contributed by atoms with van der Waals surface area (Å²) in [6.07, 6.45) is 4.40. The summed E-state index contributed by atoms with van der Waals surface area (Å²) in [5.41, 5.74) is 3.50. The second-order valence-corrected chi connectivity index (χ2v) is 5.83. The lowest BCUT2D eigenvalue weighted by Gasteiger charge is -2.08. The van der Waals surface area contributed by atoms with Gasteiger partial charge in [0.2, 0.25) is 0 Å². The molecule has 2 aromatic heterocycles. The lowest BCUT2D eigenvalue weighted by molar-refractivity contribution is -0.382. The lowest BCUT2D eigenvalue weighted by atomic mass is 10.1. The molecular weight excluding hydrogens is 316 g/mol. The number of nitrogens with zero attached hydrogens (tertiary/aromatic N) is 2. The number of nitro groups is 1. The van der Waals surface area contributed by atoms with Crippen LogP contribution in [0.3, 0.4) is 0 Å². The Morgan fingerprint density at radius 3 is 2.80 bits per heavy atom. The van der Waals surface area contributed by atoms with E-state index >= 15 is 0 Å². The molecule has 124 valence electrons. The van der Waals surface area contributed by atoms with Gasteiger partial charge in [-0.3, -0.25) is 15.1 Å². The van der Waals surface area contributed by atoms with Gasteiger partial charge in [-0.2, -0.15) is 0 Å². The molecule has 25 heavy (non-hydrogen) atoms. The predicted octanol–water partition coefficient (Wildman–Crippen LogP) is 4.28. The molecule has 0 amide bonds. The number of anilines is 1. The highest BCUT2D eigenvalue weighted by Gasteiger charge is 2.18. The van der Waals surface area contributed by atoms with E-state index in [9.17, 15) is 10.1 Å². The molecule has 0 spiro atoms. The maximum Gasteiger partial charge on any atom is 0.301 e. The summed E-state index contributed by atoms with van der Waals surface area (Å²) >= 11 is 0. The maximum atomic E-state index is 11.5. The Bertz CT molecular complexity index is 1070. The summed E-state index contributed by atoms with van der Waals surface area (Å²) in [5, 5.41) is 16.5. The molecule has 0 saturated carbocycles. The Labute approximate surface area is 143 Å². The molecule has 0 radical (unpaired) electrons. The molecule has 0 aliphatic carbocycles. The van der Waals surface area contributed by atoms with Gasteiger partial charge in [0.25, 0.3) is 0 Å². The summed E-state index contributed by atoms with van der Waals surface area (Å²) in [7, 11) is 0. The Balaban J connectivity index is 1.59. The van der Waals surface area contributed by atoms with E-state index in [4.69, 9.17) is 0 Å². The third kappa shape index (κ3) is 2.78. The van der Waals surface area contributed by atoms with E-state index in [1.807, 2.05) is 24.4 Å². The molecule has 0 atom stereocenters. The highest BCUT2D eigenvalue weighted by molar-refractivity contribution is 5.94. The van der Waals surface area contributed by atoms with Crippen LogP contribution in [-0.4, -0.2) is 21.4 Å². The second kappa shape index (κ2) is 6.24. The molecule has 0 aliphatic rings. The van der Waals surface area contributed by atoms with Crippen molar-refractivity contribution >= 4 is 33.2 Å². The van der Waals surface area contributed by atoms with Crippen molar-refractivity contribution in [1.82, 2.24) is 9.97 Å². The summed E-state index contributed by atoms with van der Waals surface area (Å²) in [4.78, 5) is 18.6. The first-order valence-corrected chi connectivity index (χ1v) is 8.05. The van der Waals surface area contributed by atoms with Crippen LogP contribution >= 0.6 is 0 Å². The minimum Gasteiger partial charge on any atom is -0.379 e. The first-order chi connectivity index (χ1) is 12.2. The van der Waals surface area contributed by atoms with Crippen LogP contribution in [0.2, 0.25) is 0 Å². The van der Waals surface area contributed by atoms with Gasteiger partial charge in [-0.05, 0) is 42.3 Å². The zero-order chi connectivity index (χ0) is 17.2. The number of nitro benzene ring substituents is 1. The summed E-state index contributed by atoms with van der Waals surface area (Å²) < 4.78 is 0. The van der Waals surface area contributed by atoms with E-state index in [1.54, 1.807) is 30.5 Å². The average molecular weight is 332 g/mol. The zero-order valence-corrected chi connectivity index (χ0v) is 13.4. The van der Waals surface area contributed by atoms with Crippen molar-refractivity contribution in [2.45, 2.75) is 6.42 Å². The summed E-state index contributed by atoms with van der Waals surface area (Å²) in [6, 6.07) is 15.1. The molecule has 0 saturated heterocycles. The van der Waals surface area contributed by atoms with Crippen molar-refractivity contribution < 1.29 is 4.92 Å². The van der Waals surface area contributed by atoms with E-state index in [-0.39, 0.29) is 10.6 Å². The predicted molar refractivity (Wildman–Crippen MR) is 98.9 cm³/mol. The van der Waals surface area contributed by atoms with Crippen LogP contribution in [0.15, 0.2) is 60.9 Å². The first-order valence-electron chi connectivity index (χ1n) is 8.05. The number of H-pyrrole nitrogens is 1. The largest absolute Gasteiger partial charge is 0.379 e. The molecule has 0 fully saturated rings. The van der Waals surface area contributed by atoms with Crippen LogP contribution in [-0.2, 0) is 6.42 Å². The molecule has 4 rings (SSSR count). The van der Waals surface area contributed by atoms with Crippen LogP contribution in [0.1, 0.15) is 5.56 Å². The Morgan fingerprint density at radius 1 is 1.08 bits per heavy atom. The smallest absolute Gasteiger partial charge is 0.301 e. The normalized spacial score (nSPS) is 11.0. The number of hydrogen-bond acceptors (Lipinski definition) is 4. The molecule has 2 aromatic carbocycles. The van der Waals surface area contributed by atoms with Crippen LogP contribution in [0.4, 0.5) is 11.4 Å². The number of benzene rings is 2. The molecular formula is C19H16N4O2. The molecule has 0 aliphatic heterocycles. The molecule has 6 nitrogen and oxygen atoms in total. The monoisotopic (exact) mass is 332 g/mol. The summed E-state index contributed by atoms with van der Waals surface area (Å²) in [5.74, 6) is 0. The number of rotatable bonds is 5. The zero-order valence-electron chi connectivity index (χ0n) is 13.4. The van der Waals surface area contributed by atoms with Gasteiger partial charge in [0.1, 0.15) is 5.69 Å². The van der Waals surface area contributed by atoms with Gasteiger partial charge in [-0.1, -0.05) is 18.2 Å². The van der Waals surface area contributed by atoms with E-state index in [1.165, 1.54) is 10.9 Å². The Hall–Kier alpha value is -3.41. The van der Waals surface area contributed by atoms with E-state index in [0.29, 0.717) is 23.1 Å². The quantitative estimate of drug-likeness (QED) is 0.422. The third-order valence-corrected chi connectivity index (χ3v) is 4.32. The number of nitrogens with one attached hydrogen (secondary N) is 2.